The highest BCUT2D eigenvalue weighted by atomic mass is 19.4. The average Bonchev–Trinajstić information content (AvgIpc) is 3.36. The van der Waals surface area contributed by atoms with Gasteiger partial charge in [0.1, 0.15) is 17.0 Å². The normalized spacial score (nSPS) is 20.8. The number of benzene rings is 1. The SMILES string of the molecule is C[C](C)C[C@@H]1CCCN(c2c([N+](=O)[O-])ccc(OC3CC3)c2C(F)(F)F)C1. The van der Waals surface area contributed by atoms with Gasteiger partial charge in [0.2, 0.25) is 0 Å². The largest absolute Gasteiger partial charge is 0.490 e. The van der Waals surface area contributed by atoms with E-state index in [0.717, 1.165) is 25.0 Å². The zero-order valence-corrected chi connectivity index (χ0v) is 15.5. The molecule has 1 saturated heterocycles. The molecule has 8 heteroatoms. The van der Waals surface area contributed by atoms with E-state index >= 15 is 0 Å². The summed E-state index contributed by atoms with van der Waals surface area (Å²) >= 11 is 0. The second-order valence-electron chi connectivity index (χ2n) is 7.74. The lowest BCUT2D eigenvalue weighted by Crippen LogP contribution is -2.37. The van der Waals surface area contributed by atoms with E-state index in [0.29, 0.717) is 32.4 Å². The topological polar surface area (TPSA) is 55.6 Å². The smallest absolute Gasteiger partial charge is 0.422 e. The lowest BCUT2D eigenvalue weighted by atomic mass is 9.89. The fourth-order valence-electron chi connectivity index (χ4n) is 3.78. The number of hydrogen-bond acceptors (Lipinski definition) is 4. The highest BCUT2D eigenvalue weighted by molar-refractivity contribution is 5.73. The van der Waals surface area contributed by atoms with Crippen molar-refractivity contribution in [1.82, 2.24) is 0 Å². The Morgan fingerprint density at radius 2 is 2.00 bits per heavy atom. The number of nitrogens with zero attached hydrogens (tertiary/aromatic N) is 2. The maximum atomic E-state index is 14.0. The summed E-state index contributed by atoms with van der Waals surface area (Å²) in [5, 5.41) is 11.5. The van der Waals surface area contributed by atoms with Crippen molar-refractivity contribution in [3.8, 4) is 5.75 Å². The van der Waals surface area contributed by atoms with Crippen LogP contribution in [0.4, 0.5) is 24.5 Å². The van der Waals surface area contributed by atoms with Gasteiger partial charge in [-0.2, -0.15) is 13.2 Å². The second-order valence-corrected chi connectivity index (χ2v) is 7.74. The summed E-state index contributed by atoms with van der Waals surface area (Å²) in [6.07, 6.45) is -1.11. The first-order valence-electron chi connectivity index (χ1n) is 9.26. The van der Waals surface area contributed by atoms with Crippen molar-refractivity contribution in [3.63, 3.8) is 0 Å². The predicted octanol–water partition coefficient (Wildman–Crippen LogP) is 5.38. The number of piperidine rings is 1. The molecular formula is C19H24F3N2O3. The van der Waals surface area contributed by atoms with Crippen LogP contribution in [0, 0.1) is 22.0 Å². The van der Waals surface area contributed by atoms with Crippen LogP contribution in [-0.4, -0.2) is 24.1 Å². The monoisotopic (exact) mass is 385 g/mol. The van der Waals surface area contributed by atoms with Crippen LogP contribution in [-0.2, 0) is 6.18 Å². The fourth-order valence-corrected chi connectivity index (χ4v) is 3.78. The maximum absolute atomic E-state index is 14.0. The van der Waals surface area contributed by atoms with E-state index in [9.17, 15) is 23.3 Å². The summed E-state index contributed by atoms with van der Waals surface area (Å²) in [7, 11) is 0. The summed E-state index contributed by atoms with van der Waals surface area (Å²) in [4.78, 5) is 12.3. The minimum Gasteiger partial charge on any atom is -0.490 e. The van der Waals surface area contributed by atoms with Gasteiger partial charge in [-0.25, -0.2) is 0 Å². The molecule has 0 unspecified atom stereocenters. The number of hydrogen-bond donors (Lipinski definition) is 0. The molecule has 2 aliphatic rings. The van der Waals surface area contributed by atoms with Crippen LogP contribution in [0.1, 0.15) is 51.5 Å². The summed E-state index contributed by atoms with van der Waals surface area (Å²) < 4.78 is 47.3. The average molecular weight is 385 g/mol. The van der Waals surface area contributed by atoms with Crippen molar-refractivity contribution < 1.29 is 22.8 Å². The number of nitro benzene ring substituents is 1. The van der Waals surface area contributed by atoms with E-state index < -0.39 is 22.4 Å². The van der Waals surface area contributed by atoms with Gasteiger partial charge in [0.05, 0.1) is 11.0 Å². The number of ether oxygens (including phenoxy) is 1. The maximum Gasteiger partial charge on any atom is 0.422 e. The molecule has 1 aromatic rings. The van der Waals surface area contributed by atoms with Gasteiger partial charge < -0.3 is 9.64 Å². The molecule has 1 saturated carbocycles. The first-order valence-corrected chi connectivity index (χ1v) is 9.26. The van der Waals surface area contributed by atoms with Crippen molar-refractivity contribution in [3.05, 3.63) is 33.7 Å². The van der Waals surface area contributed by atoms with Crippen LogP contribution in [0.2, 0.25) is 0 Å². The molecule has 2 fully saturated rings. The highest BCUT2D eigenvalue weighted by Gasteiger charge is 2.44. The van der Waals surface area contributed by atoms with Crippen molar-refractivity contribution in [2.24, 2.45) is 5.92 Å². The third-order valence-electron chi connectivity index (χ3n) is 4.95. The molecule has 149 valence electrons. The molecule has 0 spiro atoms. The quantitative estimate of drug-likeness (QED) is 0.488. The number of nitro groups is 1. The summed E-state index contributed by atoms with van der Waals surface area (Å²) in [6, 6.07) is 2.23. The highest BCUT2D eigenvalue weighted by Crippen LogP contribution is 2.49. The van der Waals surface area contributed by atoms with Crippen LogP contribution >= 0.6 is 0 Å². The lowest BCUT2D eigenvalue weighted by molar-refractivity contribution is -0.384. The third-order valence-corrected chi connectivity index (χ3v) is 4.95. The Bertz CT molecular complexity index is 702. The van der Waals surface area contributed by atoms with E-state index in [1.807, 2.05) is 13.8 Å². The zero-order valence-electron chi connectivity index (χ0n) is 15.5. The summed E-state index contributed by atoms with van der Waals surface area (Å²) in [5.74, 6) is 1.10. The van der Waals surface area contributed by atoms with Gasteiger partial charge >= 0.3 is 6.18 Å². The number of rotatable bonds is 6. The molecule has 1 aliphatic carbocycles. The molecule has 5 nitrogen and oxygen atoms in total. The third kappa shape index (κ3) is 4.65. The van der Waals surface area contributed by atoms with Crippen molar-refractivity contribution >= 4 is 11.4 Å². The van der Waals surface area contributed by atoms with Gasteiger partial charge in [-0.3, -0.25) is 10.1 Å². The first kappa shape index (κ1) is 19.8. The minimum atomic E-state index is -4.73. The van der Waals surface area contributed by atoms with Crippen molar-refractivity contribution in [2.75, 3.05) is 18.0 Å². The molecule has 0 aromatic heterocycles. The molecule has 0 N–H and O–H groups in total. The molecule has 1 heterocycles. The Morgan fingerprint density at radius 1 is 1.30 bits per heavy atom. The van der Waals surface area contributed by atoms with E-state index in [1.165, 1.54) is 10.8 Å². The van der Waals surface area contributed by atoms with Gasteiger partial charge in [-0.1, -0.05) is 13.8 Å². The Balaban J connectivity index is 2.05. The van der Waals surface area contributed by atoms with Crippen LogP contribution in [0.25, 0.3) is 0 Å². The van der Waals surface area contributed by atoms with Gasteiger partial charge in [0.15, 0.2) is 0 Å². The van der Waals surface area contributed by atoms with E-state index in [4.69, 9.17) is 4.74 Å². The second kappa shape index (κ2) is 7.56. The van der Waals surface area contributed by atoms with E-state index in [-0.39, 0.29) is 23.5 Å². The van der Waals surface area contributed by atoms with Gasteiger partial charge in [0.25, 0.3) is 5.69 Å². The molecule has 1 aromatic carbocycles. The lowest BCUT2D eigenvalue weighted by Gasteiger charge is -2.36. The number of alkyl halides is 3. The van der Waals surface area contributed by atoms with E-state index in [2.05, 4.69) is 0 Å². The van der Waals surface area contributed by atoms with Crippen LogP contribution in [0.5, 0.6) is 5.75 Å². The Morgan fingerprint density at radius 3 is 2.56 bits per heavy atom. The minimum absolute atomic E-state index is 0.192. The molecule has 0 amide bonds. The Hall–Kier alpha value is -1.99. The van der Waals surface area contributed by atoms with Crippen LogP contribution in [0.3, 0.4) is 0 Å². The van der Waals surface area contributed by atoms with Crippen molar-refractivity contribution in [1.29, 1.82) is 0 Å². The van der Waals surface area contributed by atoms with Crippen LogP contribution < -0.4 is 9.64 Å². The van der Waals surface area contributed by atoms with Gasteiger partial charge in [-0.05, 0) is 50.0 Å². The standard InChI is InChI=1S/C19H24F3N2O3/c1-12(2)10-13-4-3-9-23(11-13)18-15(24(25)26)7-8-16(27-14-5-6-14)17(18)19(20,21)22/h7-8,13-14H,3-6,9-11H2,1-2H3/t13-/m0/s1. The van der Waals surface area contributed by atoms with Crippen molar-refractivity contribution in [2.45, 2.75) is 58.2 Å². The summed E-state index contributed by atoms with van der Waals surface area (Å²) in [5.41, 5.74) is -1.87. The molecular weight excluding hydrogens is 361 g/mol. The van der Waals surface area contributed by atoms with Crippen LogP contribution in [0.15, 0.2) is 12.1 Å². The molecule has 0 bridgehead atoms. The zero-order chi connectivity index (χ0) is 19.8. The predicted molar refractivity (Wildman–Crippen MR) is 95.9 cm³/mol. The molecule has 27 heavy (non-hydrogen) atoms. The number of anilines is 1. The summed E-state index contributed by atoms with van der Waals surface area (Å²) in [6.45, 7) is 4.73. The molecule has 1 aliphatic heterocycles. The Labute approximate surface area is 156 Å². The fraction of sp³-hybridized carbons (Fsp3) is 0.632. The molecule has 3 rings (SSSR count). The van der Waals surface area contributed by atoms with E-state index in [1.54, 1.807) is 0 Å². The molecule has 1 atom stereocenters. The number of halogens is 3. The van der Waals surface area contributed by atoms with Gasteiger partial charge in [0, 0.05) is 19.2 Å². The van der Waals surface area contributed by atoms with Gasteiger partial charge in [-0.15, -0.1) is 0 Å². The first-order chi connectivity index (χ1) is 12.7. The molecule has 1 radical (unpaired) electrons. The Kier molecular flexibility index (Phi) is 5.53.